The molecule has 0 aromatic heterocycles. The smallest absolute Gasteiger partial charge is 0.298 e. The van der Waals surface area contributed by atoms with Crippen LogP contribution in [0.4, 0.5) is 0 Å². The molecule has 0 bridgehead atoms. The van der Waals surface area contributed by atoms with E-state index >= 15 is 0 Å². The lowest BCUT2D eigenvalue weighted by molar-refractivity contribution is 0.199. The van der Waals surface area contributed by atoms with Crippen LogP contribution < -0.4 is 0 Å². The Morgan fingerprint density at radius 2 is 2.11 bits per heavy atom. The van der Waals surface area contributed by atoms with Gasteiger partial charge in [0.2, 0.25) is 0 Å². The summed E-state index contributed by atoms with van der Waals surface area (Å²) in [7, 11) is -4.23. The van der Waals surface area contributed by atoms with E-state index in [2.05, 4.69) is 0 Å². The van der Waals surface area contributed by atoms with Crippen molar-refractivity contribution >= 4 is 10.1 Å². The lowest BCUT2D eigenvalue weighted by Crippen LogP contribution is -2.16. The molecular formula is C13H18O4S. The first-order valence-electron chi connectivity index (χ1n) is 6.26. The van der Waals surface area contributed by atoms with Gasteiger partial charge in [-0.1, -0.05) is 24.6 Å². The fourth-order valence-corrected chi connectivity index (χ4v) is 3.32. The standard InChI is InChI=1S/C13H18O4S/c1-2-9-17-12-8-7-10-5-3-4-6-11(10)13(12)18(14,15)16/h4,6H,2-3,5,7-9H2,1H3,(H,14,15,16). The number of hydrogen-bond donors (Lipinski definition) is 1. The Labute approximate surface area is 108 Å². The highest BCUT2D eigenvalue weighted by Crippen LogP contribution is 2.38. The van der Waals surface area contributed by atoms with Crippen molar-refractivity contribution < 1.29 is 17.7 Å². The van der Waals surface area contributed by atoms with Crippen molar-refractivity contribution in [1.29, 1.82) is 0 Å². The minimum atomic E-state index is -4.23. The summed E-state index contributed by atoms with van der Waals surface area (Å²) < 4.78 is 38.0. The predicted octanol–water partition coefficient (Wildman–Crippen LogP) is 2.95. The summed E-state index contributed by atoms with van der Waals surface area (Å²) in [6, 6.07) is 0. The van der Waals surface area contributed by atoms with Crippen LogP contribution in [0.25, 0.3) is 0 Å². The van der Waals surface area contributed by atoms with Crippen molar-refractivity contribution in [2.45, 2.75) is 39.0 Å². The van der Waals surface area contributed by atoms with Crippen molar-refractivity contribution in [2.24, 2.45) is 0 Å². The fourth-order valence-electron chi connectivity index (χ4n) is 2.38. The zero-order chi connectivity index (χ0) is 13.2. The summed E-state index contributed by atoms with van der Waals surface area (Å²) in [5.74, 6) is 0.407. The summed E-state index contributed by atoms with van der Waals surface area (Å²) in [6.45, 7) is 2.43. The molecule has 18 heavy (non-hydrogen) atoms. The molecule has 1 N–H and O–H groups in total. The van der Waals surface area contributed by atoms with E-state index in [1.165, 1.54) is 0 Å². The van der Waals surface area contributed by atoms with Gasteiger partial charge < -0.3 is 4.74 Å². The molecule has 4 nitrogen and oxygen atoms in total. The van der Waals surface area contributed by atoms with Gasteiger partial charge >= 0.3 is 0 Å². The highest BCUT2D eigenvalue weighted by atomic mass is 32.2. The Kier molecular flexibility index (Phi) is 3.92. The number of hydrogen-bond acceptors (Lipinski definition) is 3. The summed E-state index contributed by atoms with van der Waals surface area (Å²) in [5, 5.41) is 0. The van der Waals surface area contributed by atoms with E-state index in [0.29, 0.717) is 24.4 Å². The fraction of sp³-hybridized carbons (Fsp3) is 0.538. The molecule has 0 fully saturated rings. The summed E-state index contributed by atoms with van der Waals surface area (Å²) in [6.07, 6.45) is 7.71. The minimum absolute atomic E-state index is 0.0202. The Bertz CT molecular complexity index is 523. The highest BCUT2D eigenvalue weighted by Gasteiger charge is 2.30. The first-order valence-corrected chi connectivity index (χ1v) is 7.70. The maximum absolute atomic E-state index is 11.6. The van der Waals surface area contributed by atoms with Gasteiger partial charge in [-0.3, -0.25) is 4.55 Å². The van der Waals surface area contributed by atoms with Gasteiger partial charge in [0, 0.05) is 6.42 Å². The van der Waals surface area contributed by atoms with E-state index in [1.807, 2.05) is 13.0 Å². The maximum atomic E-state index is 11.6. The third kappa shape index (κ3) is 2.67. The van der Waals surface area contributed by atoms with Crippen molar-refractivity contribution in [3.05, 3.63) is 34.0 Å². The molecule has 0 aromatic rings. The lowest BCUT2D eigenvalue weighted by Gasteiger charge is -2.25. The van der Waals surface area contributed by atoms with Crippen LogP contribution in [-0.2, 0) is 14.9 Å². The van der Waals surface area contributed by atoms with Crippen LogP contribution in [0.15, 0.2) is 34.0 Å². The van der Waals surface area contributed by atoms with Gasteiger partial charge in [0.05, 0.1) is 6.61 Å². The zero-order valence-electron chi connectivity index (χ0n) is 10.5. The zero-order valence-corrected chi connectivity index (χ0v) is 11.3. The van der Waals surface area contributed by atoms with Crippen molar-refractivity contribution in [3.63, 3.8) is 0 Å². The molecule has 0 saturated heterocycles. The molecule has 5 heteroatoms. The lowest BCUT2D eigenvalue weighted by atomic mass is 9.89. The van der Waals surface area contributed by atoms with E-state index in [-0.39, 0.29) is 4.91 Å². The van der Waals surface area contributed by atoms with Crippen LogP contribution >= 0.6 is 0 Å². The Morgan fingerprint density at radius 3 is 2.78 bits per heavy atom. The largest absolute Gasteiger partial charge is 0.496 e. The number of ether oxygens (including phenoxy) is 1. The average Bonchev–Trinajstić information content (AvgIpc) is 2.34. The average molecular weight is 270 g/mol. The molecular weight excluding hydrogens is 252 g/mol. The minimum Gasteiger partial charge on any atom is -0.496 e. The molecule has 100 valence electrons. The van der Waals surface area contributed by atoms with E-state index in [1.54, 1.807) is 6.08 Å². The van der Waals surface area contributed by atoms with E-state index < -0.39 is 10.1 Å². The molecule has 0 heterocycles. The molecule has 2 rings (SSSR count). The van der Waals surface area contributed by atoms with Gasteiger partial charge in [0.1, 0.15) is 10.7 Å². The summed E-state index contributed by atoms with van der Waals surface area (Å²) in [5.41, 5.74) is 1.75. The van der Waals surface area contributed by atoms with Gasteiger partial charge in [-0.15, -0.1) is 0 Å². The Morgan fingerprint density at radius 1 is 1.33 bits per heavy atom. The first kappa shape index (κ1) is 13.4. The SMILES string of the molecule is CCCOC1=C(S(=O)(=O)O)C2=C(CCC=C2)CC1. The van der Waals surface area contributed by atoms with Crippen LogP contribution in [0.5, 0.6) is 0 Å². The van der Waals surface area contributed by atoms with Gasteiger partial charge in [-0.25, -0.2) is 0 Å². The molecule has 0 atom stereocenters. The summed E-state index contributed by atoms with van der Waals surface area (Å²) >= 11 is 0. The third-order valence-electron chi connectivity index (χ3n) is 3.17. The van der Waals surface area contributed by atoms with E-state index in [9.17, 15) is 13.0 Å². The molecule has 2 aliphatic carbocycles. The van der Waals surface area contributed by atoms with Crippen molar-refractivity contribution in [1.82, 2.24) is 0 Å². The monoisotopic (exact) mass is 270 g/mol. The van der Waals surface area contributed by atoms with Crippen molar-refractivity contribution in [2.75, 3.05) is 6.61 Å². The second-order valence-electron chi connectivity index (χ2n) is 4.53. The highest BCUT2D eigenvalue weighted by molar-refractivity contribution is 7.90. The molecule has 2 aliphatic rings. The maximum Gasteiger partial charge on any atom is 0.298 e. The van der Waals surface area contributed by atoms with Crippen LogP contribution in [0.2, 0.25) is 0 Å². The Balaban J connectivity index is 2.47. The molecule has 0 aromatic carbocycles. The molecule has 0 spiro atoms. The summed E-state index contributed by atoms with van der Waals surface area (Å²) in [4.78, 5) is -0.0202. The Hall–Kier alpha value is -1.07. The third-order valence-corrected chi connectivity index (χ3v) is 4.13. The van der Waals surface area contributed by atoms with E-state index in [0.717, 1.165) is 31.3 Å². The predicted molar refractivity (Wildman–Crippen MR) is 69.5 cm³/mol. The van der Waals surface area contributed by atoms with Gasteiger partial charge in [-0.2, -0.15) is 8.42 Å². The molecule has 0 amide bonds. The second-order valence-corrected chi connectivity index (χ2v) is 5.89. The topological polar surface area (TPSA) is 63.6 Å². The van der Waals surface area contributed by atoms with Crippen LogP contribution in [0.1, 0.15) is 39.0 Å². The first-order chi connectivity index (χ1) is 8.54. The molecule has 0 unspecified atom stereocenters. The van der Waals surface area contributed by atoms with Gasteiger partial charge in [-0.05, 0) is 31.3 Å². The molecule has 0 saturated carbocycles. The van der Waals surface area contributed by atoms with Gasteiger partial charge in [0.15, 0.2) is 0 Å². The van der Waals surface area contributed by atoms with Crippen LogP contribution in [-0.4, -0.2) is 19.6 Å². The number of allylic oxidation sites excluding steroid dienone is 5. The van der Waals surface area contributed by atoms with E-state index in [4.69, 9.17) is 4.74 Å². The molecule has 0 radical (unpaired) electrons. The quantitative estimate of drug-likeness (QED) is 0.798. The second kappa shape index (κ2) is 5.28. The molecule has 0 aliphatic heterocycles. The number of rotatable bonds is 4. The normalized spacial score (nSPS) is 20.1. The van der Waals surface area contributed by atoms with Crippen LogP contribution in [0.3, 0.4) is 0 Å². The van der Waals surface area contributed by atoms with Crippen molar-refractivity contribution in [3.8, 4) is 0 Å². The van der Waals surface area contributed by atoms with Crippen LogP contribution in [0, 0.1) is 0 Å². The van der Waals surface area contributed by atoms with Gasteiger partial charge in [0.25, 0.3) is 10.1 Å².